The quantitative estimate of drug-likeness (QED) is 0.775. The summed E-state index contributed by atoms with van der Waals surface area (Å²) in [7, 11) is 0. The molecule has 0 saturated heterocycles. The minimum absolute atomic E-state index is 0.101. The molecule has 0 unspecified atom stereocenters. The molecule has 0 aliphatic heterocycles. The third kappa shape index (κ3) is 2.45. The van der Waals surface area contributed by atoms with E-state index in [2.05, 4.69) is 21.8 Å². The minimum atomic E-state index is -0.411. The van der Waals surface area contributed by atoms with E-state index in [-0.39, 0.29) is 5.56 Å². The molecule has 2 heterocycles. The summed E-state index contributed by atoms with van der Waals surface area (Å²) in [6.07, 6.45) is 3.51. The third-order valence-electron chi connectivity index (χ3n) is 3.43. The van der Waals surface area contributed by atoms with Crippen LogP contribution in [-0.4, -0.2) is 15.5 Å². The van der Waals surface area contributed by atoms with Crippen molar-refractivity contribution in [1.29, 1.82) is 0 Å². The second kappa shape index (κ2) is 5.28. The normalized spacial score (nSPS) is 10.7. The van der Waals surface area contributed by atoms with Gasteiger partial charge in [0, 0.05) is 35.5 Å². The first-order valence-corrected chi connectivity index (χ1v) is 6.77. The van der Waals surface area contributed by atoms with Gasteiger partial charge in [0.15, 0.2) is 0 Å². The van der Waals surface area contributed by atoms with Crippen molar-refractivity contribution in [1.82, 2.24) is 9.55 Å². The summed E-state index contributed by atoms with van der Waals surface area (Å²) in [5.74, 6) is -0.411. The number of aryl methyl sites for hydroxylation is 1. The first-order chi connectivity index (χ1) is 10.2. The predicted molar refractivity (Wildman–Crippen MR) is 82.6 cm³/mol. The third-order valence-corrected chi connectivity index (χ3v) is 3.43. The highest BCUT2D eigenvalue weighted by molar-refractivity contribution is 6.04. The van der Waals surface area contributed by atoms with Crippen LogP contribution in [0.2, 0.25) is 0 Å². The monoisotopic (exact) mass is 281 g/mol. The predicted octanol–water partition coefficient (Wildman–Crippen LogP) is 2.60. The van der Waals surface area contributed by atoms with Crippen molar-refractivity contribution in [3.8, 4) is 0 Å². The van der Waals surface area contributed by atoms with Crippen LogP contribution in [0.4, 0.5) is 5.69 Å². The second-order valence-electron chi connectivity index (χ2n) is 4.74. The Morgan fingerprint density at radius 1 is 1.29 bits per heavy atom. The number of pyridine rings is 1. The first kappa shape index (κ1) is 13.2. The lowest BCUT2D eigenvalue weighted by Crippen LogP contribution is -2.22. The number of fused-ring (bicyclic) bond motifs is 1. The highest BCUT2D eigenvalue weighted by Gasteiger charge is 2.10. The van der Waals surface area contributed by atoms with Crippen molar-refractivity contribution >= 4 is 22.5 Å². The molecule has 3 rings (SSSR count). The van der Waals surface area contributed by atoms with Gasteiger partial charge in [0.1, 0.15) is 5.56 Å². The van der Waals surface area contributed by atoms with Crippen LogP contribution in [0, 0.1) is 0 Å². The van der Waals surface area contributed by atoms with Gasteiger partial charge in [-0.2, -0.15) is 0 Å². The molecule has 1 aromatic carbocycles. The van der Waals surface area contributed by atoms with E-state index in [0.717, 1.165) is 17.4 Å². The first-order valence-electron chi connectivity index (χ1n) is 6.77. The van der Waals surface area contributed by atoms with Crippen molar-refractivity contribution in [2.45, 2.75) is 13.5 Å². The molecule has 21 heavy (non-hydrogen) atoms. The molecule has 0 aliphatic carbocycles. The number of rotatable bonds is 3. The smallest absolute Gasteiger partial charge is 0.261 e. The van der Waals surface area contributed by atoms with Gasteiger partial charge in [0.2, 0.25) is 0 Å². The molecular weight excluding hydrogens is 266 g/mol. The van der Waals surface area contributed by atoms with Crippen LogP contribution in [-0.2, 0) is 6.54 Å². The molecule has 0 aliphatic rings. The van der Waals surface area contributed by atoms with Crippen LogP contribution >= 0.6 is 0 Å². The van der Waals surface area contributed by atoms with E-state index in [0.29, 0.717) is 5.69 Å². The van der Waals surface area contributed by atoms with Crippen LogP contribution in [0.1, 0.15) is 17.3 Å². The average Bonchev–Trinajstić information content (AvgIpc) is 2.89. The largest absolute Gasteiger partial charge is 0.348 e. The van der Waals surface area contributed by atoms with E-state index in [1.807, 2.05) is 30.5 Å². The molecular formula is C16H15N3O2. The van der Waals surface area contributed by atoms with Gasteiger partial charge in [-0.1, -0.05) is 0 Å². The van der Waals surface area contributed by atoms with Crippen molar-refractivity contribution in [2.75, 3.05) is 5.32 Å². The van der Waals surface area contributed by atoms with Gasteiger partial charge >= 0.3 is 0 Å². The molecule has 5 nitrogen and oxygen atoms in total. The molecule has 106 valence electrons. The van der Waals surface area contributed by atoms with E-state index in [1.54, 1.807) is 6.07 Å². The van der Waals surface area contributed by atoms with Crippen LogP contribution < -0.4 is 10.9 Å². The molecule has 0 atom stereocenters. The molecule has 0 spiro atoms. The van der Waals surface area contributed by atoms with Gasteiger partial charge in [-0.05, 0) is 43.3 Å². The molecule has 5 heteroatoms. The number of benzene rings is 1. The number of aromatic amines is 1. The van der Waals surface area contributed by atoms with Crippen molar-refractivity contribution in [2.24, 2.45) is 0 Å². The van der Waals surface area contributed by atoms with Gasteiger partial charge in [0.05, 0.1) is 0 Å². The average molecular weight is 281 g/mol. The Morgan fingerprint density at radius 3 is 2.90 bits per heavy atom. The molecule has 2 N–H and O–H groups in total. The number of H-pyrrole nitrogens is 1. The Kier molecular flexibility index (Phi) is 3.31. The summed E-state index contributed by atoms with van der Waals surface area (Å²) < 4.78 is 2.13. The van der Waals surface area contributed by atoms with Gasteiger partial charge in [-0.3, -0.25) is 9.59 Å². The summed E-state index contributed by atoms with van der Waals surface area (Å²) in [6.45, 7) is 2.98. The Labute approximate surface area is 121 Å². The van der Waals surface area contributed by atoms with Gasteiger partial charge in [-0.15, -0.1) is 0 Å². The van der Waals surface area contributed by atoms with Gasteiger partial charge < -0.3 is 14.9 Å². The van der Waals surface area contributed by atoms with E-state index in [9.17, 15) is 9.59 Å². The zero-order valence-electron chi connectivity index (χ0n) is 11.6. The van der Waals surface area contributed by atoms with Crippen molar-refractivity contribution in [3.63, 3.8) is 0 Å². The Bertz CT molecular complexity index is 861. The summed E-state index contributed by atoms with van der Waals surface area (Å²) in [5, 5.41) is 3.80. The number of hydrogen-bond donors (Lipinski definition) is 2. The highest BCUT2D eigenvalue weighted by Crippen LogP contribution is 2.20. The zero-order chi connectivity index (χ0) is 14.8. The number of nitrogens with one attached hydrogen (secondary N) is 2. The SMILES string of the molecule is CCn1ccc2cc(NC(=O)c3ccc[nH]c3=O)ccc21. The standard InChI is InChI=1S/C16H15N3O2/c1-2-19-9-7-11-10-12(5-6-14(11)19)18-16(21)13-4-3-8-17-15(13)20/h3-10H,2H2,1H3,(H,17,20)(H,18,21). The summed E-state index contributed by atoms with van der Waals surface area (Å²) in [6, 6.07) is 10.8. The van der Waals surface area contributed by atoms with Gasteiger partial charge in [0.25, 0.3) is 11.5 Å². The van der Waals surface area contributed by atoms with Crippen LogP contribution in [0.5, 0.6) is 0 Å². The molecule has 0 bridgehead atoms. The van der Waals surface area contributed by atoms with Crippen molar-refractivity contribution in [3.05, 3.63) is 64.7 Å². The van der Waals surface area contributed by atoms with Crippen LogP contribution in [0.3, 0.4) is 0 Å². The topological polar surface area (TPSA) is 66.9 Å². The molecule has 3 aromatic rings. The van der Waals surface area contributed by atoms with Crippen LogP contribution in [0.25, 0.3) is 10.9 Å². The number of aromatic nitrogens is 2. The zero-order valence-corrected chi connectivity index (χ0v) is 11.6. The lowest BCUT2D eigenvalue weighted by Gasteiger charge is -2.06. The number of carbonyl (C=O) groups is 1. The lowest BCUT2D eigenvalue weighted by molar-refractivity contribution is 0.102. The number of carbonyl (C=O) groups excluding carboxylic acids is 1. The fraction of sp³-hybridized carbons (Fsp3) is 0.125. The molecule has 0 fully saturated rings. The van der Waals surface area contributed by atoms with E-state index in [4.69, 9.17) is 0 Å². The molecule has 1 amide bonds. The summed E-state index contributed by atoms with van der Waals surface area (Å²) >= 11 is 0. The molecule has 0 saturated carbocycles. The minimum Gasteiger partial charge on any atom is -0.348 e. The fourth-order valence-corrected chi connectivity index (χ4v) is 2.35. The summed E-state index contributed by atoms with van der Waals surface area (Å²) in [5.41, 5.74) is 1.50. The summed E-state index contributed by atoms with van der Waals surface area (Å²) in [4.78, 5) is 26.2. The Balaban J connectivity index is 1.90. The van der Waals surface area contributed by atoms with E-state index in [1.165, 1.54) is 12.3 Å². The maximum absolute atomic E-state index is 12.1. The van der Waals surface area contributed by atoms with E-state index >= 15 is 0 Å². The second-order valence-corrected chi connectivity index (χ2v) is 4.74. The van der Waals surface area contributed by atoms with E-state index < -0.39 is 11.5 Å². The Morgan fingerprint density at radius 2 is 2.14 bits per heavy atom. The van der Waals surface area contributed by atoms with Crippen LogP contribution in [0.15, 0.2) is 53.6 Å². The number of amides is 1. The number of hydrogen-bond acceptors (Lipinski definition) is 2. The molecule has 0 radical (unpaired) electrons. The maximum atomic E-state index is 12.1. The maximum Gasteiger partial charge on any atom is 0.261 e. The highest BCUT2D eigenvalue weighted by atomic mass is 16.2. The number of anilines is 1. The van der Waals surface area contributed by atoms with Gasteiger partial charge in [-0.25, -0.2) is 0 Å². The number of nitrogens with zero attached hydrogens (tertiary/aromatic N) is 1. The van der Waals surface area contributed by atoms with Crippen molar-refractivity contribution < 1.29 is 4.79 Å². The fourth-order valence-electron chi connectivity index (χ4n) is 2.35. The lowest BCUT2D eigenvalue weighted by atomic mass is 10.2. The molecule has 2 aromatic heterocycles. The Hall–Kier alpha value is -2.82.